The van der Waals surface area contributed by atoms with Gasteiger partial charge in [0, 0.05) is 25.7 Å². The number of nitrogens with one attached hydrogen (secondary N) is 1. The van der Waals surface area contributed by atoms with Gasteiger partial charge in [-0.05, 0) is 51.2 Å². The molecule has 9 nitrogen and oxygen atoms in total. The van der Waals surface area contributed by atoms with Crippen molar-refractivity contribution >= 4 is 29.4 Å². The Balaban J connectivity index is 1.47. The summed E-state index contributed by atoms with van der Waals surface area (Å²) in [6, 6.07) is 2.91. The van der Waals surface area contributed by atoms with Crippen LogP contribution in [0.3, 0.4) is 0 Å². The van der Waals surface area contributed by atoms with Crippen molar-refractivity contribution in [2.75, 3.05) is 34.8 Å². The van der Waals surface area contributed by atoms with Gasteiger partial charge in [0.1, 0.15) is 5.82 Å². The average Bonchev–Trinajstić information content (AvgIpc) is 3.26. The van der Waals surface area contributed by atoms with E-state index in [1.165, 1.54) is 12.3 Å². The minimum absolute atomic E-state index is 0.0401. The molecule has 0 radical (unpaired) electrons. The number of amides is 1. The molecule has 0 spiro atoms. The molecule has 2 fully saturated rings. The quantitative estimate of drug-likeness (QED) is 0.659. The molecule has 4 heterocycles. The normalized spacial score (nSPS) is 19.8. The molecule has 34 heavy (non-hydrogen) atoms. The smallest absolute Gasteiger partial charge is 0.437 e. The first-order valence-corrected chi connectivity index (χ1v) is 11.2. The van der Waals surface area contributed by atoms with Crippen molar-refractivity contribution in [2.24, 2.45) is 5.92 Å². The van der Waals surface area contributed by atoms with Crippen molar-refractivity contribution in [2.45, 2.75) is 51.2 Å². The standard InChI is InChI=1S/C22H26F3N5O4/c1-13-4-2-3-9-30(13)21-28-18(22(23,24)25)17(34-21)19(31)27-15-5-6-16(26-12-15)29-10-7-14(8-11-29)20(32)33/h5-6,12-14H,2-4,7-11H2,1H3,(H,27,31)(H,32,33). The molecule has 2 saturated heterocycles. The number of carboxylic acids is 1. The van der Waals surface area contributed by atoms with Gasteiger partial charge in [0.05, 0.1) is 17.8 Å². The zero-order chi connectivity index (χ0) is 24.5. The Morgan fingerprint density at radius 2 is 1.88 bits per heavy atom. The molecule has 2 aliphatic heterocycles. The van der Waals surface area contributed by atoms with Gasteiger partial charge in [0.2, 0.25) is 5.76 Å². The second-order valence-electron chi connectivity index (χ2n) is 8.67. The van der Waals surface area contributed by atoms with Gasteiger partial charge in [-0.1, -0.05) is 0 Å². The van der Waals surface area contributed by atoms with Crippen LogP contribution in [0.25, 0.3) is 0 Å². The molecule has 0 bridgehead atoms. The summed E-state index contributed by atoms with van der Waals surface area (Å²) in [6.07, 6.45) is 0.0705. The van der Waals surface area contributed by atoms with E-state index in [4.69, 9.17) is 9.52 Å². The predicted octanol–water partition coefficient (Wildman–Crippen LogP) is 4.02. The first kappa shape index (κ1) is 23.8. The summed E-state index contributed by atoms with van der Waals surface area (Å²) in [5, 5.41) is 11.5. The van der Waals surface area contributed by atoms with E-state index in [9.17, 15) is 22.8 Å². The van der Waals surface area contributed by atoms with Crippen molar-refractivity contribution in [3.63, 3.8) is 0 Å². The highest BCUT2D eigenvalue weighted by molar-refractivity contribution is 6.03. The van der Waals surface area contributed by atoms with Crippen LogP contribution in [0.15, 0.2) is 22.7 Å². The average molecular weight is 481 g/mol. The number of aliphatic carboxylic acids is 1. The van der Waals surface area contributed by atoms with Crippen molar-refractivity contribution in [3.05, 3.63) is 29.8 Å². The summed E-state index contributed by atoms with van der Waals surface area (Å²) >= 11 is 0. The minimum atomic E-state index is -4.85. The first-order chi connectivity index (χ1) is 16.1. The number of halogens is 3. The molecule has 2 aromatic rings. The van der Waals surface area contributed by atoms with Gasteiger partial charge in [0.25, 0.3) is 11.9 Å². The van der Waals surface area contributed by atoms with Gasteiger partial charge in [-0.3, -0.25) is 9.59 Å². The molecule has 2 N–H and O–H groups in total. The van der Waals surface area contributed by atoms with Crippen molar-refractivity contribution in [1.29, 1.82) is 0 Å². The topological polar surface area (TPSA) is 112 Å². The Morgan fingerprint density at radius 1 is 1.15 bits per heavy atom. The van der Waals surface area contributed by atoms with Gasteiger partial charge in [-0.2, -0.15) is 18.2 Å². The molecule has 1 unspecified atom stereocenters. The number of carbonyl (C=O) groups is 2. The third kappa shape index (κ3) is 5.10. The first-order valence-electron chi connectivity index (χ1n) is 11.2. The van der Waals surface area contributed by atoms with E-state index in [1.54, 1.807) is 11.0 Å². The monoisotopic (exact) mass is 481 g/mol. The number of aromatic nitrogens is 2. The van der Waals surface area contributed by atoms with Crippen LogP contribution in [0.4, 0.5) is 30.7 Å². The number of pyridine rings is 1. The lowest BCUT2D eigenvalue weighted by Gasteiger charge is -2.31. The predicted molar refractivity (Wildman–Crippen MR) is 117 cm³/mol. The molecule has 2 aliphatic rings. The number of hydrogen-bond donors (Lipinski definition) is 2. The van der Waals surface area contributed by atoms with Crippen molar-refractivity contribution in [1.82, 2.24) is 9.97 Å². The van der Waals surface area contributed by atoms with Gasteiger partial charge < -0.3 is 24.6 Å². The Morgan fingerprint density at radius 3 is 2.47 bits per heavy atom. The fraction of sp³-hybridized carbons (Fsp3) is 0.545. The van der Waals surface area contributed by atoms with E-state index in [0.717, 1.165) is 19.3 Å². The number of alkyl halides is 3. The molecule has 12 heteroatoms. The zero-order valence-electron chi connectivity index (χ0n) is 18.6. The Labute approximate surface area is 194 Å². The molecular weight excluding hydrogens is 455 g/mol. The van der Waals surface area contributed by atoms with E-state index >= 15 is 0 Å². The highest BCUT2D eigenvalue weighted by Crippen LogP contribution is 2.36. The number of carbonyl (C=O) groups excluding carboxylic acids is 1. The highest BCUT2D eigenvalue weighted by Gasteiger charge is 2.42. The van der Waals surface area contributed by atoms with Crippen LogP contribution in [0, 0.1) is 5.92 Å². The SMILES string of the molecule is CC1CCCCN1c1nc(C(F)(F)F)c(C(=O)Nc2ccc(N3CCC(C(=O)O)CC3)nc2)o1. The van der Waals surface area contributed by atoms with E-state index < -0.39 is 29.5 Å². The lowest BCUT2D eigenvalue weighted by Crippen LogP contribution is -2.37. The number of nitrogens with zero attached hydrogens (tertiary/aromatic N) is 4. The second kappa shape index (κ2) is 9.51. The van der Waals surface area contributed by atoms with Gasteiger partial charge in [-0.15, -0.1) is 0 Å². The second-order valence-corrected chi connectivity index (χ2v) is 8.67. The van der Waals surface area contributed by atoms with Crippen molar-refractivity contribution in [3.8, 4) is 0 Å². The zero-order valence-corrected chi connectivity index (χ0v) is 18.6. The van der Waals surface area contributed by atoms with Crippen LogP contribution < -0.4 is 15.1 Å². The largest absolute Gasteiger partial charge is 0.481 e. The fourth-order valence-electron chi connectivity index (χ4n) is 4.35. The third-order valence-electron chi connectivity index (χ3n) is 6.31. The Bertz CT molecular complexity index is 1030. The number of oxazole rings is 1. The van der Waals surface area contributed by atoms with Crippen molar-refractivity contribution < 1.29 is 32.3 Å². The van der Waals surface area contributed by atoms with Gasteiger partial charge in [0.15, 0.2) is 5.69 Å². The number of piperidine rings is 2. The maximum atomic E-state index is 13.6. The van der Waals surface area contributed by atoms with E-state index in [2.05, 4.69) is 15.3 Å². The maximum absolute atomic E-state index is 13.6. The Kier molecular flexibility index (Phi) is 6.67. The van der Waals surface area contributed by atoms with E-state index in [-0.39, 0.29) is 23.7 Å². The third-order valence-corrected chi connectivity index (χ3v) is 6.31. The lowest BCUT2D eigenvalue weighted by molar-refractivity contribution is -0.142. The van der Waals surface area contributed by atoms with Crippen LogP contribution in [0.5, 0.6) is 0 Å². The summed E-state index contributed by atoms with van der Waals surface area (Å²) in [5.41, 5.74) is -1.16. The van der Waals surface area contributed by atoms with Crippen LogP contribution in [-0.2, 0) is 11.0 Å². The van der Waals surface area contributed by atoms with Crippen LogP contribution in [-0.4, -0.2) is 52.6 Å². The molecule has 1 amide bonds. The summed E-state index contributed by atoms with van der Waals surface area (Å²) < 4.78 is 46.1. The fourth-order valence-corrected chi connectivity index (χ4v) is 4.35. The molecular formula is C22H26F3N5O4. The molecule has 1 atom stereocenters. The van der Waals surface area contributed by atoms with Gasteiger partial charge >= 0.3 is 12.1 Å². The van der Waals surface area contributed by atoms with Crippen LogP contribution >= 0.6 is 0 Å². The number of hydrogen-bond acceptors (Lipinski definition) is 7. The lowest BCUT2D eigenvalue weighted by atomic mass is 9.97. The molecule has 2 aromatic heterocycles. The highest BCUT2D eigenvalue weighted by atomic mass is 19.4. The number of carboxylic acid groups (broad SMARTS) is 1. The number of anilines is 3. The molecule has 184 valence electrons. The minimum Gasteiger partial charge on any atom is -0.481 e. The molecule has 4 rings (SSSR count). The summed E-state index contributed by atoms with van der Waals surface area (Å²) in [6.45, 7) is 3.45. The maximum Gasteiger partial charge on any atom is 0.437 e. The van der Waals surface area contributed by atoms with E-state index in [0.29, 0.717) is 38.3 Å². The molecule has 0 saturated carbocycles. The summed E-state index contributed by atoms with van der Waals surface area (Å²) in [4.78, 5) is 35.2. The Hall–Kier alpha value is -3.31. The summed E-state index contributed by atoms with van der Waals surface area (Å²) in [7, 11) is 0. The van der Waals surface area contributed by atoms with Crippen LogP contribution in [0.1, 0.15) is 55.3 Å². The number of rotatable bonds is 5. The van der Waals surface area contributed by atoms with Crippen LogP contribution in [0.2, 0.25) is 0 Å². The van der Waals surface area contributed by atoms with E-state index in [1.807, 2.05) is 11.8 Å². The molecule has 0 aromatic carbocycles. The van der Waals surface area contributed by atoms with Gasteiger partial charge in [-0.25, -0.2) is 4.98 Å². The summed E-state index contributed by atoms with van der Waals surface area (Å²) in [5.74, 6) is -2.54. The molecule has 0 aliphatic carbocycles.